The molecule has 0 radical (unpaired) electrons. The van der Waals surface area contributed by atoms with E-state index in [-0.39, 0.29) is 6.03 Å². The lowest BCUT2D eigenvalue weighted by molar-refractivity contribution is 0.00174. The van der Waals surface area contributed by atoms with Gasteiger partial charge in [-0.2, -0.15) is 0 Å². The first-order valence-corrected chi connectivity index (χ1v) is 11.3. The minimum absolute atomic E-state index is 0.0768. The molecule has 0 spiro atoms. The van der Waals surface area contributed by atoms with Gasteiger partial charge >= 0.3 is 6.03 Å². The van der Waals surface area contributed by atoms with Crippen molar-refractivity contribution < 1.29 is 14.3 Å². The first kappa shape index (κ1) is 20.1. The summed E-state index contributed by atoms with van der Waals surface area (Å²) in [6.45, 7) is 10.3. The number of nitrogens with one attached hydrogen (secondary N) is 1. The maximum Gasteiger partial charge on any atom is 0.317 e. The van der Waals surface area contributed by atoms with E-state index in [1.54, 1.807) is 11.3 Å². The maximum absolute atomic E-state index is 12.7. The predicted octanol–water partition coefficient (Wildman–Crippen LogP) is 1.31. The molecule has 2 atom stereocenters. The largest absolute Gasteiger partial charge is 0.381 e. The lowest BCUT2D eigenvalue weighted by Gasteiger charge is -2.38. The second kappa shape index (κ2) is 10.0. The Kier molecular flexibility index (Phi) is 7.20. The third-order valence-electron chi connectivity index (χ3n) is 6.11. The second-order valence-electron chi connectivity index (χ2n) is 7.87. The molecule has 0 aliphatic carbocycles. The molecule has 0 aromatic carbocycles. The Morgan fingerprint density at radius 3 is 2.64 bits per heavy atom. The van der Waals surface area contributed by atoms with Crippen LogP contribution in [0, 0.1) is 5.92 Å². The van der Waals surface area contributed by atoms with E-state index >= 15 is 0 Å². The lowest BCUT2D eigenvalue weighted by atomic mass is 9.97. The number of carbonyl (C=O) groups excluding carboxylic acids is 1. The number of hydrogen-bond acceptors (Lipinski definition) is 6. The normalized spacial score (nSPS) is 25.7. The molecule has 3 fully saturated rings. The summed E-state index contributed by atoms with van der Waals surface area (Å²) in [5.74, 6) is 0.501. The van der Waals surface area contributed by atoms with Gasteiger partial charge in [0.15, 0.2) is 0 Å². The molecule has 8 heteroatoms. The summed E-state index contributed by atoms with van der Waals surface area (Å²) in [6, 6.07) is 4.70. The summed E-state index contributed by atoms with van der Waals surface area (Å²) in [5, 5.41) is 5.34. The van der Waals surface area contributed by atoms with Gasteiger partial charge in [0.1, 0.15) is 0 Å². The summed E-state index contributed by atoms with van der Waals surface area (Å²) >= 11 is 1.80. The second-order valence-corrected chi connectivity index (χ2v) is 8.90. The zero-order chi connectivity index (χ0) is 19.2. The Balaban J connectivity index is 1.24. The van der Waals surface area contributed by atoms with Crippen LogP contribution in [-0.2, 0) is 16.0 Å². The zero-order valence-electron chi connectivity index (χ0n) is 16.6. The van der Waals surface area contributed by atoms with Gasteiger partial charge in [-0.1, -0.05) is 6.07 Å². The monoisotopic (exact) mass is 408 g/mol. The molecule has 1 aromatic heterocycles. The molecule has 4 rings (SSSR count). The Hall–Kier alpha value is -1.19. The maximum atomic E-state index is 12.7. The van der Waals surface area contributed by atoms with Gasteiger partial charge in [0.2, 0.25) is 0 Å². The van der Waals surface area contributed by atoms with Crippen LogP contribution in [0.2, 0.25) is 0 Å². The van der Waals surface area contributed by atoms with Crippen LogP contribution in [0.3, 0.4) is 0 Å². The van der Waals surface area contributed by atoms with Crippen molar-refractivity contribution in [2.75, 3.05) is 72.2 Å². The zero-order valence-corrected chi connectivity index (χ0v) is 17.4. The molecule has 3 aliphatic heterocycles. The standard InChI is InChI=1S/C20H32N4O3S/c25-20(24-6-4-22(5-7-24)15-18-2-1-13-28-18)21-14-19(17-3-10-27-16-17)23-8-11-26-12-9-23/h1-2,13,17,19H,3-12,14-16H2,(H,21,25). The van der Waals surface area contributed by atoms with Crippen molar-refractivity contribution in [2.24, 2.45) is 5.92 Å². The van der Waals surface area contributed by atoms with Gasteiger partial charge in [0, 0.05) is 75.8 Å². The molecule has 0 bridgehead atoms. The van der Waals surface area contributed by atoms with Crippen LogP contribution in [0.1, 0.15) is 11.3 Å². The SMILES string of the molecule is O=C(NCC(C1CCOC1)N1CCOCC1)N1CCN(Cc2cccs2)CC1. The van der Waals surface area contributed by atoms with E-state index in [1.165, 1.54) is 4.88 Å². The first-order chi connectivity index (χ1) is 13.8. The fourth-order valence-corrected chi connectivity index (χ4v) is 5.14. The molecule has 0 saturated carbocycles. The third-order valence-corrected chi connectivity index (χ3v) is 6.97. The number of rotatable bonds is 6. The molecule has 28 heavy (non-hydrogen) atoms. The van der Waals surface area contributed by atoms with E-state index in [0.717, 1.165) is 78.7 Å². The molecule has 1 N–H and O–H groups in total. The minimum Gasteiger partial charge on any atom is -0.381 e. The van der Waals surface area contributed by atoms with Crippen LogP contribution < -0.4 is 5.32 Å². The van der Waals surface area contributed by atoms with Gasteiger partial charge in [-0.3, -0.25) is 9.80 Å². The highest BCUT2D eigenvalue weighted by molar-refractivity contribution is 7.09. The highest BCUT2D eigenvalue weighted by atomic mass is 32.1. The average molecular weight is 409 g/mol. The Morgan fingerprint density at radius 1 is 1.14 bits per heavy atom. The molecule has 3 aliphatic rings. The molecule has 3 saturated heterocycles. The van der Waals surface area contributed by atoms with Gasteiger partial charge in [-0.05, 0) is 17.9 Å². The number of thiophene rings is 1. The van der Waals surface area contributed by atoms with Gasteiger partial charge in [-0.15, -0.1) is 11.3 Å². The predicted molar refractivity (Wildman–Crippen MR) is 110 cm³/mol. The van der Waals surface area contributed by atoms with Crippen molar-refractivity contribution in [1.82, 2.24) is 20.0 Å². The van der Waals surface area contributed by atoms with Crippen molar-refractivity contribution in [3.8, 4) is 0 Å². The molecule has 7 nitrogen and oxygen atoms in total. The van der Waals surface area contributed by atoms with Crippen molar-refractivity contribution >= 4 is 17.4 Å². The topological polar surface area (TPSA) is 57.3 Å². The molecular weight excluding hydrogens is 376 g/mol. The van der Waals surface area contributed by atoms with Gasteiger partial charge < -0.3 is 19.7 Å². The Bertz CT molecular complexity index is 595. The van der Waals surface area contributed by atoms with E-state index in [1.807, 2.05) is 4.90 Å². The molecule has 156 valence electrons. The number of morpholine rings is 1. The number of nitrogens with zero attached hydrogens (tertiary/aromatic N) is 3. The smallest absolute Gasteiger partial charge is 0.317 e. The van der Waals surface area contributed by atoms with E-state index < -0.39 is 0 Å². The highest BCUT2D eigenvalue weighted by Gasteiger charge is 2.32. The summed E-state index contributed by atoms with van der Waals surface area (Å²) in [7, 11) is 0. The molecule has 2 amide bonds. The van der Waals surface area contributed by atoms with E-state index in [4.69, 9.17) is 9.47 Å². The summed E-state index contributed by atoms with van der Waals surface area (Å²) < 4.78 is 11.1. The van der Waals surface area contributed by atoms with Crippen LogP contribution >= 0.6 is 11.3 Å². The van der Waals surface area contributed by atoms with Gasteiger partial charge in [0.05, 0.1) is 19.8 Å². The highest BCUT2D eigenvalue weighted by Crippen LogP contribution is 2.22. The number of amides is 2. The van der Waals surface area contributed by atoms with E-state index in [0.29, 0.717) is 18.5 Å². The number of piperazine rings is 1. The quantitative estimate of drug-likeness (QED) is 0.769. The number of carbonyl (C=O) groups is 1. The Morgan fingerprint density at radius 2 is 1.96 bits per heavy atom. The first-order valence-electron chi connectivity index (χ1n) is 10.5. The van der Waals surface area contributed by atoms with Crippen molar-refractivity contribution in [3.05, 3.63) is 22.4 Å². The van der Waals surface area contributed by atoms with Crippen molar-refractivity contribution in [3.63, 3.8) is 0 Å². The van der Waals surface area contributed by atoms with Crippen LogP contribution in [0.5, 0.6) is 0 Å². The summed E-state index contributed by atoms with van der Waals surface area (Å²) in [4.78, 5) is 21.0. The summed E-state index contributed by atoms with van der Waals surface area (Å²) in [5.41, 5.74) is 0. The number of hydrogen-bond donors (Lipinski definition) is 1. The molecule has 4 heterocycles. The number of urea groups is 1. The lowest BCUT2D eigenvalue weighted by Crippen LogP contribution is -2.56. The molecular formula is C20H32N4O3S. The van der Waals surface area contributed by atoms with Gasteiger partial charge in [-0.25, -0.2) is 4.79 Å². The molecule has 1 aromatic rings. The van der Waals surface area contributed by atoms with Crippen molar-refractivity contribution in [1.29, 1.82) is 0 Å². The minimum atomic E-state index is 0.0768. The average Bonchev–Trinajstić information content (AvgIpc) is 3.44. The molecule has 2 unspecified atom stereocenters. The van der Waals surface area contributed by atoms with E-state index in [2.05, 4.69) is 32.6 Å². The summed E-state index contributed by atoms with van der Waals surface area (Å²) in [6.07, 6.45) is 1.08. The van der Waals surface area contributed by atoms with Crippen LogP contribution in [-0.4, -0.2) is 99.0 Å². The number of ether oxygens (including phenoxy) is 2. The van der Waals surface area contributed by atoms with Crippen molar-refractivity contribution in [2.45, 2.75) is 19.0 Å². The third kappa shape index (κ3) is 5.24. The van der Waals surface area contributed by atoms with Crippen LogP contribution in [0.25, 0.3) is 0 Å². The van der Waals surface area contributed by atoms with E-state index in [9.17, 15) is 4.79 Å². The fourth-order valence-electron chi connectivity index (χ4n) is 4.39. The fraction of sp³-hybridized carbons (Fsp3) is 0.750. The van der Waals surface area contributed by atoms with Crippen LogP contribution in [0.15, 0.2) is 17.5 Å². The van der Waals surface area contributed by atoms with Crippen LogP contribution in [0.4, 0.5) is 4.79 Å². The van der Waals surface area contributed by atoms with Gasteiger partial charge in [0.25, 0.3) is 0 Å². The Labute approximate surface area is 171 Å².